The Hall–Kier alpha value is -2.59. The maximum Gasteiger partial charge on any atom is 0.262 e. The lowest BCUT2D eigenvalue weighted by Gasteiger charge is -2.19. The molecule has 0 radical (unpaired) electrons. The Labute approximate surface area is 164 Å². The first-order chi connectivity index (χ1) is 13.0. The van der Waals surface area contributed by atoms with Gasteiger partial charge in [0.25, 0.3) is 10.0 Å². The number of methoxy groups -OCH3 is 1. The monoisotopic (exact) mass is 424 g/mol. The molecule has 0 spiro atoms. The van der Waals surface area contributed by atoms with Crippen LogP contribution in [0.1, 0.15) is 17.5 Å². The highest BCUT2D eigenvalue weighted by Gasteiger charge is 2.37. The predicted octanol–water partition coefficient (Wildman–Crippen LogP) is 2.18. The van der Waals surface area contributed by atoms with E-state index in [1.54, 1.807) is 38.1 Å². The molecule has 3 rings (SSSR count). The maximum atomic E-state index is 12.9. The normalized spacial score (nSPS) is 16.2. The average Bonchev–Trinajstić information content (AvgIpc) is 2.86. The van der Waals surface area contributed by atoms with Crippen LogP contribution in [0.3, 0.4) is 0 Å². The molecule has 0 unspecified atom stereocenters. The minimum Gasteiger partial charge on any atom is -0.497 e. The van der Waals surface area contributed by atoms with Crippen molar-refractivity contribution < 1.29 is 26.4 Å². The molecule has 0 atom stereocenters. The quantitative estimate of drug-likeness (QED) is 0.788. The van der Waals surface area contributed by atoms with Gasteiger partial charge in [0.1, 0.15) is 5.75 Å². The summed E-state index contributed by atoms with van der Waals surface area (Å²) in [7, 11) is -6.18. The minimum atomic E-state index is -3.94. The van der Waals surface area contributed by atoms with Crippen LogP contribution in [0, 0.1) is 13.8 Å². The number of rotatable bonds is 5. The summed E-state index contributed by atoms with van der Waals surface area (Å²) >= 11 is 0. The number of hydrogen-bond donors (Lipinski definition) is 1. The molecule has 28 heavy (non-hydrogen) atoms. The smallest absolute Gasteiger partial charge is 0.262 e. The second-order valence-electron chi connectivity index (χ2n) is 6.47. The molecule has 1 aliphatic rings. The molecule has 2 aromatic rings. The number of sulfonamides is 2. The molecule has 1 amide bonds. The first-order valence-corrected chi connectivity index (χ1v) is 11.5. The van der Waals surface area contributed by atoms with Crippen molar-refractivity contribution in [1.29, 1.82) is 0 Å². The Morgan fingerprint density at radius 3 is 2.29 bits per heavy atom. The summed E-state index contributed by atoms with van der Waals surface area (Å²) in [5.74, 6) is -0.271. The molecule has 150 valence electrons. The molecule has 0 saturated carbocycles. The second kappa shape index (κ2) is 7.10. The molecular weight excluding hydrogens is 404 g/mol. The van der Waals surface area contributed by atoms with Crippen molar-refractivity contribution in [3.63, 3.8) is 0 Å². The van der Waals surface area contributed by atoms with E-state index in [1.165, 1.54) is 19.2 Å². The number of nitrogens with one attached hydrogen (secondary N) is 1. The van der Waals surface area contributed by atoms with E-state index in [9.17, 15) is 21.6 Å². The zero-order valence-corrected chi connectivity index (χ0v) is 17.2. The van der Waals surface area contributed by atoms with Gasteiger partial charge in [0, 0.05) is 12.5 Å². The van der Waals surface area contributed by atoms with Crippen molar-refractivity contribution in [2.24, 2.45) is 0 Å². The van der Waals surface area contributed by atoms with Gasteiger partial charge in [-0.05, 0) is 49.2 Å². The van der Waals surface area contributed by atoms with Crippen LogP contribution >= 0.6 is 0 Å². The Balaban J connectivity index is 2.02. The molecule has 8 nitrogen and oxygen atoms in total. The Bertz CT molecular complexity index is 1130. The zero-order valence-electron chi connectivity index (χ0n) is 15.6. The number of amides is 1. The third-order valence-electron chi connectivity index (χ3n) is 4.35. The molecule has 2 aromatic carbocycles. The molecule has 0 aliphatic carbocycles. The van der Waals surface area contributed by atoms with Crippen molar-refractivity contribution in [2.75, 3.05) is 21.9 Å². The van der Waals surface area contributed by atoms with Crippen molar-refractivity contribution in [3.05, 3.63) is 47.5 Å². The summed E-state index contributed by atoms with van der Waals surface area (Å²) in [5.41, 5.74) is 1.15. The lowest BCUT2D eigenvalue weighted by atomic mass is 10.1. The van der Waals surface area contributed by atoms with Crippen molar-refractivity contribution in [1.82, 2.24) is 0 Å². The number of carbonyl (C=O) groups excluding carboxylic acids is 1. The summed E-state index contributed by atoms with van der Waals surface area (Å²) in [5, 5.41) is 0. The number of hydrogen-bond acceptors (Lipinski definition) is 6. The number of ether oxygens (including phenoxy) is 1. The number of anilines is 2. The lowest BCUT2D eigenvalue weighted by Crippen LogP contribution is -2.29. The van der Waals surface area contributed by atoms with E-state index < -0.39 is 26.0 Å². The van der Waals surface area contributed by atoms with Crippen molar-refractivity contribution in [3.8, 4) is 5.75 Å². The van der Waals surface area contributed by atoms with E-state index in [0.717, 1.165) is 4.31 Å². The number of carbonyl (C=O) groups is 1. The van der Waals surface area contributed by atoms with Crippen LogP contribution in [0.25, 0.3) is 0 Å². The maximum absolute atomic E-state index is 12.9. The summed E-state index contributed by atoms with van der Waals surface area (Å²) in [6.07, 6.45) is -0.0854. The third kappa shape index (κ3) is 3.69. The molecule has 1 N–H and O–H groups in total. The van der Waals surface area contributed by atoms with Crippen LogP contribution in [-0.4, -0.2) is 35.6 Å². The van der Waals surface area contributed by atoms with Crippen LogP contribution in [0.5, 0.6) is 5.75 Å². The van der Waals surface area contributed by atoms with Crippen LogP contribution in [0.15, 0.2) is 41.3 Å². The van der Waals surface area contributed by atoms with Gasteiger partial charge >= 0.3 is 0 Å². The molecule has 0 bridgehead atoms. The lowest BCUT2D eigenvalue weighted by molar-refractivity contribution is -0.116. The van der Waals surface area contributed by atoms with Crippen LogP contribution in [0.4, 0.5) is 11.4 Å². The minimum absolute atomic E-state index is 0.0307. The largest absolute Gasteiger partial charge is 0.497 e. The van der Waals surface area contributed by atoms with E-state index in [4.69, 9.17) is 4.74 Å². The third-order valence-corrected chi connectivity index (χ3v) is 7.73. The van der Waals surface area contributed by atoms with Gasteiger partial charge in [0.15, 0.2) is 0 Å². The average molecular weight is 425 g/mol. The van der Waals surface area contributed by atoms with Gasteiger partial charge in [0.2, 0.25) is 15.9 Å². The van der Waals surface area contributed by atoms with Gasteiger partial charge in [0.05, 0.1) is 29.1 Å². The molecule has 10 heteroatoms. The van der Waals surface area contributed by atoms with E-state index in [2.05, 4.69) is 4.72 Å². The van der Waals surface area contributed by atoms with Crippen LogP contribution in [0.2, 0.25) is 0 Å². The fraction of sp³-hybridized carbons (Fsp3) is 0.278. The van der Waals surface area contributed by atoms with Gasteiger partial charge in [-0.3, -0.25) is 9.52 Å². The van der Waals surface area contributed by atoms with Crippen molar-refractivity contribution >= 4 is 37.3 Å². The Morgan fingerprint density at radius 2 is 1.75 bits per heavy atom. The van der Waals surface area contributed by atoms with Crippen LogP contribution < -0.4 is 13.8 Å². The van der Waals surface area contributed by atoms with E-state index in [1.807, 2.05) is 0 Å². The highest BCUT2D eigenvalue weighted by atomic mass is 32.2. The highest BCUT2D eigenvalue weighted by molar-refractivity contribution is 7.94. The van der Waals surface area contributed by atoms with Gasteiger partial charge in [-0.1, -0.05) is 6.07 Å². The van der Waals surface area contributed by atoms with E-state index >= 15 is 0 Å². The molecule has 1 fully saturated rings. The summed E-state index contributed by atoms with van der Waals surface area (Å²) < 4.78 is 58.5. The fourth-order valence-electron chi connectivity index (χ4n) is 3.23. The van der Waals surface area contributed by atoms with Gasteiger partial charge in [-0.15, -0.1) is 0 Å². The zero-order chi connectivity index (χ0) is 20.7. The first kappa shape index (κ1) is 20.2. The van der Waals surface area contributed by atoms with Gasteiger partial charge in [-0.25, -0.2) is 21.1 Å². The summed E-state index contributed by atoms with van der Waals surface area (Å²) in [6, 6.07) is 9.28. The standard InChI is InChI=1S/C18H20N2O6S2/c1-12-9-15(20-17(21)7-8-27(20,22)23)10-13(2)18(12)28(24,25)19-14-5-4-6-16(11-14)26-3/h4-6,9-11,19H,7-8H2,1-3H3. The SMILES string of the molecule is COc1cccc(NS(=O)(=O)c2c(C)cc(N3C(=O)CCS3(=O)=O)cc2C)c1. The van der Waals surface area contributed by atoms with E-state index in [-0.39, 0.29) is 22.8 Å². The molecule has 0 aromatic heterocycles. The molecule has 1 saturated heterocycles. The molecule has 1 aliphatic heterocycles. The van der Waals surface area contributed by atoms with Crippen molar-refractivity contribution in [2.45, 2.75) is 25.2 Å². The summed E-state index contributed by atoms with van der Waals surface area (Å²) in [6.45, 7) is 3.12. The fourth-order valence-corrected chi connectivity index (χ4v) is 6.18. The number of aryl methyl sites for hydroxylation is 2. The predicted molar refractivity (Wildman–Crippen MR) is 106 cm³/mol. The molecule has 1 heterocycles. The van der Waals surface area contributed by atoms with Gasteiger partial charge < -0.3 is 4.74 Å². The topological polar surface area (TPSA) is 110 Å². The Morgan fingerprint density at radius 1 is 1.11 bits per heavy atom. The highest BCUT2D eigenvalue weighted by Crippen LogP contribution is 2.32. The summed E-state index contributed by atoms with van der Waals surface area (Å²) in [4.78, 5) is 12.0. The Kier molecular flexibility index (Phi) is 5.11. The number of benzene rings is 2. The van der Waals surface area contributed by atoms with E-state index in [0.29, 0.717) is 22.6 Å². The second-order valence-corrected chi connectivity index (χ2v) is 10.0. The van der Waals surface area contributed by atoms with Crippen LogP contribution in [-0.2, 0) is 24.8 Å². The van der Waals surface area contributed by atoms with Gasteiger partial charge in [-0.2, -0.15) is 0 Å². The number of nitrogens with zero attached hydrogens (tertiary/aromatic N) is 1. The molecular formula is C18H20N2O6S2. The first-order valence-electron chi connectivity index (χ1n) is 8.39.